The van der Waals surface area contributed by atoms with E-state index in [1.807, 2.05) is 24.7 Å². The van der Waals surface area contributed by atoms with E-state index in [0.717, 1.165) is 40.7 Å². The third-order valence-corrected chi connectivity index (χ3v) is 4.88. The Balaban J connectivity index is 1.59. The summed E-state index contributed by atoms with van der Waals surface area (Å²) >= 11 is 1.55. The number of hydrogen-bond donors (Lipinski definition) is 0. The largest absolute Gasteiger partial charge is 0.300 e. The quantitative estimate of drug-likeness (QED) is 0.688. The van der Waals surface area contributed by atoms with Gasteiger partial charge in [0.25, 0.3) is 5.56 Å². The van der Waals surface area contributed by atoms with Gasteiger partial charge in [-0.2, -0.15) is 5.10 Å². The minimum Gasteiger partial charge on any atom is -0.300 e. The van der Waals surface area contributed by atoms with Gasteiger partial charge in [0.05, 0.1) is 11.4 Å². The smallest absolute Gasteiger partial charge is 0.258 e. The van der Waals surface area contributed by atoms with Crippen LogP contribution in [0.5, 0.6) is 0 Å². The second-order valence-corrected chi connectivity index (χ2v) is 7.53. The van der Waals surface area contributed by atoms with Crippen LogP contribution < -0.4 is 5.56 Å². The van der Waals surface area contributed by atoms with Crippen molar-refractivity contribution in [2.75, 3.05) is 13.6 Å². The number of rotatable bonds is 6. The van der Waals surface area contributed by atoms with Crippen molar-refractivity contribution in [3.05, 3.63) is 50.6 Å². The normalized spacial score (nSPS) is 11.7. The highest BCUT2D eigenvalue weighted by Gasteiger charge is 2.08. The van der Waals surface area contributed by atoms with Gasteiger partial charge in [-0.15, -0.1) is 11.3 Å². The maximum absolute atomic E-state index is 12.1. The van der Waals surface area contributed by atoms with E-state index in [4.69, 9.17) is 0 Å². The maximum Gasteiger partial charge on any atom is 0.258 e. The zero-order valence-electron chi connectivity index (χ0n) is 14.6. The van der Waals surface area contributed by atoms with Crippen LogP contribution >= 0.6 is 11.3 Å². The first-order chi connectivity index (χ1) is 11.4. The molecule has 7 heteroatoms. The number of aromatic nitrogens is 4. The van der Waals surface area contributed by atoms with Gasteiger partial charge in [0.2, 0.25) is 0 Å². The summed E-state index contributed by atoms with van der Waals surface area (Å²) in [6, 6.07) is 3.73. The third-order valence-electron chi connectivity index (χ3n) is 3.98. The maximum atomic E-state index is 12.1. The summed E-state index contributed by atoms with van der Waals surface area (Å²) in [7, 11) is 2.06. The number of nitrogens with zero attached hydrogens (tertiary/aromatic N) is 5. The molecule has 24 heavy (non-hydrogen) atoms. The Bertz CT molecular complexity index is 907. The van der Waals surface area contributed by atoms with Crippen molar-refractivity contribution in [3.8, 4) is 0 Å². The summed E-state index contributed by atoms with van der Waals surface area (Å²) in [5, 5.41) is 4.48. The fraction of sp³-hybridized carbons (Fsp3) is 0.471. The van der Waals surface area contributed by atoms with Gasteiger partial charge in [-0.05, 0) is 40.3 Å². The summed E-state index contributed by atoms with van der Waals surface area (Å²) in [4.78, 5) is 20.8. The molecule has 0 amide bonds. The number of aryl methyl sites for hydroxylation is 4. The van der Waals surface area contributed by atoms with E-state index in [2.05, 4.69) is 35.0 Å². The molecular weight excluding hydrogens is 322 g/mol. The molecule has 3 aromatic rings. The van der Waals surface area contributed by atoms with Crippen LogP contribution in [-0.4, -0.2) is 37.7 Å². The molecule has 3 rings (SSSR count). The monoisotopic (exact) mass is 345 g/mol. The Hall–Kier alpha value is -1.99. The Morgan fingerprint density at radius 3 is 2.75 bits per heavy atom. The average molecular weight is 345 g/mol. The predicted octanol–water partition coefficient (Wildman–Crippen LogP) is 2.40. The number of fused-ring (bicyclic) bond motifs is 1. The van der Waals surface area contributed by atoms with Crippen LogP contribution in [0, 0.1) is 20.8 Å². The highest BCUT2D eigenvalue weighted by molar-refractivity contribution is 7.16. The summed E-state index contributed by atoms with van der Waals surface area (Å²) in [6.07, 6.45) is 2.86. The van der Waals surface area contributed by atoms with E-state index in [1.165, 1.54) is 5.69 Å². The molecule has 0 fully saturated rings. The molecule has 0 aliphatic heterocycles. The lowest BCUT2D eigenvalue weighted by molar-refractivity contribution is 0.307. The van der Waals surface area contributed by atoms with E-state index < -0.39 is 0 Å². The van der Waals surface area contributed by atoms with Gasteiger partial charge >= 0.3 is 0 Å². The Morgan fingerprint density at radius 1 is 1.25 bits per heavy atom. The molecule has 0 atom stereocenters. The van der Waals surface area contributed by atoms with Crippen LogP contribution in [0.2, 0.25) is 0 Å². The van der Waals surface area contributed by atoms with Crippen LogP contribution in [0.25, 0.3) is 4.96 Å². The van der Waals surface area contributed by atoms with Crippen molar-refractivity contribution in [3.63, 3.8) is 0 Å². The minimum absolute atomic E-state index is 0.00427. The Labute approximate surface area is 145 Å². The van der Waals surface area contributed by atoms with Crippen LogP contribution in [-0.2, 0) is 13.1 Å². The lowest BCUT2D eigenvalue weighted by Gasteiger charge is -2.16. The Morgan fingerprint density at radius 2 is 2.04 bits per heavy atom. The van der Waals surface area contributed by atoms with Crippen molar-refractivity contribution in [2.45, 2.75) is 40.3 Å². The van der Waals surface area contributed by atoms with Crippen molar-refractivity contribution in [2.24, 2.45) is 0 Å². The molecule has 128 valence electrons. The van der Waals surface area contributed by atoms with Gasteiger partial charge in [0.15, 0.2) is 4.96 Å². The standard InChI is InChI=1S/C17H23N5OS/c1-12-8-13(2)22(19-12)7-5-6-20(4)11-15-9-16(23)21-10-14(3)24-17(21)18-15/h8-10H,5-7,11H2,1-4H3. The van der Waals surface area contributed by atoms with E-state index in [9.17, 15) is 4.79 Å². The highest BCUT2D eigenvalue weighted by atomic mass is 32.1. The van der Waals surface area contributed by atoms with Crippen LogP contribution in [0.15, 0.2) is 23.1 Å². The van der Waals surface area contributed by atoms with Gasteiger partial charge in [-0.3, -0.25) is 13.9 Å². The molecule has 0 saturated carbocycles. The molecule has 3 aromatic heterocycles. The molecule has 0 aliphatic carbocycles. The fourth-order valence-corrected chi connectivity index (χ4v) is 3.74. The molecule has 0 N–H and O–H groups in total. The first-order valence-corrected chi connectivity index (χ1v) is 8.92. The van der Waals surface area contributed by atoms with Crippen molar-refractivity contribution in [1.29, 1.82) is 0 Å². The second kappa shape index (κ2) is 6.86. The van der Waals surface area contributed by atoms with Crippen molar-refractivity contribution in [1.82, 2.24) is 24.1 Å². The van der Waals surface area contributed by atoms with Crippen LogP contribution in [0.3, 0.4) is 0 Å². The van der Waals surface area contributed by atoms with Gasteiger partial charge < -0.3 is 4.90 Å². The minimum atomic E-state index is -0.00427. The predicted molar refractivity (Wildman–Crippen MR) is 96.7 cm³/mol. The first kappa shape index (κ1) is 16.9. The SMILES string of the molecule is Cc1cc(C)n(CCCN(C)Cc2cc(=O)n3cc(C)sc3n2)n1. The molecule has 0 radical (unpaired) electrons. The van der Waals surface area contributed by atoms with Crippen molar-refractivity contribution < 1.29 is 0 Å². The van der Waals surface area contributed by atoms with E-state index in [-0.39, 0.29) is 5.56 Å². The molecule has 0 spiro atoms. The lowest BCUT2D eigenvalue weighted by atomic mass is 10.3. The molecular formula is C17H23N5OS. The summed E-state index contributed by atoms with van der Waals surface area (Å²) < 4.78 is 3.67. The topological polar surface area (TPSA) is 55.4 Å². The zero-order chi connectivity index (χ0) is 17.3. The molecule has 6 nitrogen and oxygen atoms in total. The third kappa shape index (κ3) is 3.73. The summed E-state index contributed by atoms with van der Waals surface area (Å²) in [5.41, 5.74) is 3.08. The van der Waals surface area contributed by atoms with Gasteiger partial charge in [-0.1, -0.05) is 0 Å². The van der Waals surface area contributed by atoms with E-state index in [0.29, 0.717) is 6.54 Å². The number of hydrogen-bond acceptors (Lipinski definition) is 5. The van der Waals surface area contributed by atoms with Gasteiger partial charge in [0.1, 0.15) is 0 Å². The molecule has 0 bridgehead atoms. The first-order valence-electron chi connectivity index (χ1n) is 8.11. The van der Waals surface area contributed by atoms with Gasteiger partial charge in [0, 0.05) is 42.5 Å². The Kier molecular flexibility index (Phi) is 4.82. The molecule has 0 aromatic carbocycles. The van der Waals surface area contributed by atoms with Crippen LogP contribution in [0.1, 0.15) is 28.4 Å². The second-order valence-electron chi connectivity index (χ2n) is 6.32. The highest BCUT2D eigenvalue weighted by Crippen LogP contribution is 2.13. The average Bonchev–Trinajstić information content (AvgIpc) is 3.01. The van der Waals surface area contributed by atoms with Crippen molar-refractivity contribution >= 4 is 16.3 Å². The zero-order valence-corrected chi connectivity index (χ0v) is 15.4. The molecule has 3 heterocycles. The summed E-state index contributed by atoms with van der Waals surface area (Å²) in [6.45, 7) is 8.61. The van der Waals surface area contributed by atoms with Gasteiger partial charge in [-0.25, -0.2) is 4.98 Å². The molecule has 0 aliphatic rings. The summed E-state index contributed by atoms with van der Waals surface area (Å²) in [5.74, 6) is 0. The number of thiazole rings is 1. The van der Waals surface area contributed by atoms with E-state index in [1.54, 1.807) is 21.8 Å². The molecule has 0 unspecified atom stereocenters. The van der Waals surface area contributed by atoms with E-state index >= 15 is 0 Å². The fourth-order valence-electron chi connectivity index (χ4n) is 2.89. The molecule has 0 saturated heterocycles. The lowest BCUT2D eigenvalue weighted by Crippen LogP contribution is -2.23. The van der Waals surface area contributed by atoms with Crippen LogP contribution in [0.4, 0.5) is 0 Å².